The second kappa shape index (κ2) is 6.77. The van der Waals surface area contributed by atoms with Crippen LogP contribution < -0.4 is 4.90 Å². The van der Waals surface area contributed by atoms with E-state index in [1.165, 1.54) is 0 Å². The van der Waals surface area contributed by atoms with E-state index in [4.69, 9.17) is 5.26 Å². The summed E-state index contributed by atoms with van der Waals surface area (Å²) >= 11 is 0. The highest BCUT2D eigenvalue weighted by molar-refractivity contribution is 5.94. The first-order chi connectivity index (χ1) is 10.5. The van der Waals surface area contributed by atoms with Gasteiger partial charge < -0.3 is 9.80 Å². The van der Waals surface area contributed by atoms with Crippen molar-refractivity contribution in [2.45, 2.75) is 6.54 Å². The van der Waals surface area contributed by atoms with Crippen molar-refractivity contribution in [2.24, 2.45) is 0 Å². The van der Waals surface area contributed by atoms with Gasteiger partial charge in [0.2, 0.25) is 0 Å². The maximum absolute atomic E-state index is 12.4. The van der Waals surface area contributed by atoms with Crippen molar-refractivity contribution in [3.63, 3.8) is 0 Å². The summed E-state index contributed by atoms with van der Waals surface area (Å²) in [6.45, 7) is 0.514. The van der Waals surface area contributed by atoms with Crippen LogP contribution in [0.25, 0.3) is 0 Å². The zero-order valence-electron chi connectivity index (χ0n) is 13.1. The van der Waals surface area contributed by atoms with Crippen LogP contribution in [0.4, 0.5) is 5.69 Å². The molecule has 0 saturated carbocycles. The van der Waals surface area contributed by atoms with Gasteiger partial charge >= 0.3 is 0 Å². The molecule has 0 bridgehead atoms. The SMILES string of the molecule is CN(Cc1ccc(C#N)cc1)C(=O)c1ccc(N(C)C)cc1. The van der Waals surface area contributed by atoms with Crippen LogP contribution in [0.15, 0.2) is 48.5 Å². The van der Waals surface area contributed by atoms with E-state index in [0.717, 1.165) is 11.3 Å². The van der Waals surface area contributed by atoms with E-state index >= 15 is 0 Å². The molecule has 0 fully saturated rings. The highest BCUT2D eigenvalue weighted by Crippen LogP contribution is 2.14. The van der Waals surface area contributed by atoms with Gasteiger partial charge in [-0.3, -0.25) is 4.79 Å². The molecule has 0 aliphatic rings. The number of anilines is 1. The van der Waals surface area contributed by atoms with Crippen molar-refractivity contribution in [3.05, 3.63) is 65.2 Å². The van der Waals surface area contributed by atoms with Crippen molar-refractivity contribution in [1.82, 2.24) is 4.90 Å². The van der Waals surface area contributed by atoms with E-state index in [1.54, 1.807) is 24.1 Å². The Morgan fingerprint density at radius 1 is 1.00 bits per heavy atom. The number of nitriles is 1. The molecule has 2 rings (SSSR count). The first kappa shape index (κ1) is 15.6. The lowest BCUT2D eigenvalue weighted by Crippen LogP contribution is -2.26. The van der Waals surface area contributed by atoms with Gasteiger partial charge in [0.25, 0.3) is 5.91 Å². The third kappa shape index (κ3) is 3.64. The van der Waals surface area contributed by atoms with Crippen LogP contribution in [0.1, 0.15) is 21.5 Å². The molecule has 2 aromatic carbocycles. The second-order valence-corrected chi connectivity index (χ2v) is 5.41. The quantitative estimate of drug-likeness (QED) is 0.871. The van der Waals surface area contributed by atoms with Crippen LogP contribution >= 0.6 is 0 Å². The summed E-state index contributed by atoms with van der Waals surface area (Å²) in [5.41, 5.74) is 3.35. The fraction of sp³-hybridized carbons (Fsp3) is 0.222. The van der Waals surface area contributed by atoms with Crippen LogP contribution in [0, 0.1) is 11.3 Å². The Labute approximate surface area is 131 Å². The van der Waals surface area contributed by atoms with E-state index in [2.05, 4.69) is 6.07 Å². The van der Waals surface area contributed by atoms with Crippen LogP contribution in [-0.2, 0) is 6.54 Å². The lowest BCUT2D eigenvalue weighted by molar-refractivity contribution is 0.0785. The summed E-state index contributed by atoms with van der Waals surface area (Å²) in [4.78, 5) is 16.1. The number of carbonyl (C=O) groups excluding carboxylic acids is 1. The number of carbonyl (C=O) groups is 1. The molecular formula is C18H19N3O. The Morgan fingerprint density at radius 3 is 2.09 bits per heavy atom. The van der Waals surface area contributed by atoms with Crippen molar-refractivity contribution in [3.8, 4) is 6.07 Å². The van der Waals surface area contributed by atoms with E-state index in [-0.39, 0.29) is 5.91 Å². The first-order valence-corrected chi connectivity index (χ1v) is 7.03. The Morgan fingerprint density at radius 2 is 1.59 bits per heavy atom. The van der Waals surface area contributed by atoms with E-state index in [0.29, 0.717) is 17.7 Å². The minimum absolute atomic E-state index is 0.0188. The monoisotopic (exact) mass is 293 g/mol. The molecule has 4 heteroatoms. The molecule has 112 valence electrons. The second-order valence-electron chi connectivity index (χ2n) is 5.41. The summed E-state index contributed by atoms with van der Waals surface area (Å²) in [6.07, 6.45) is 0. The van der Waals surface area contributed by atoms with E-state index < -0.39 is 0 Å². The average molecular weight is 293 g/mol. The topological polar surface area (TPSA) is 47.3 Å². The molecule has 0 aliphatic carbocycles. The van der Waals surface area contributed by atoms with E-state index in [1.807, 2.05) is 55.4 Å². The van der Waals surface area contributed by atoms with Crippen LogP contribution in [-0.4, -0.2) is 32.0 Å². The fourth-order valence-electron chi connectivity index (χ4n) is 2.15. The highest BCUT2D eigenvalue weighted by Gasteiger charge is 2.12. The van der Waals surface area contributed by atoms with Gasteiger partial charge in [0.1, 0.15) is 0 Å². The predicted molar refractivity (Wildman–Crippen MR) is 87.7 cm³/mol. The average Bonchev–Trinajstić information content (AvgIpc) is 2.55. The zero-order chi connectivity index (χ0) is 16.1. The highest BCUT2D eigenvalue weighted by atomic mass is 16.2. The largest absolute Gasteiger partial charge is 0.378 e. The normalized spacial score (nSPS) is 9.91. The van der Waals surface area contributed by atoms with Crippen LogP contribution in [0.5, 0.6) is 0 Å². The maximum atomic E-state index is 12.4. The molecule has 0 aromatic heterocycles. The fourth-order valence-corrected chi connectivity index (χ4v) is 2.15. The van der Waals surface area contributed by atoms with Crippen LogP contribution in [0.2, 0.25) is 0 Å². The minimum Gasteiger partial charge on any atom is -0.378 e. The molecule has 0 saturated heterocycles. The van der Waals surface area contributed by atoms with Gasteiger partial charge in [-0.25, -0.2) is 0 Å². The first-order valence-electron chi connectivity index (χ1n) is 7.03. The van der Waals surface area contributed by atoms with Gasteiger partial charge in [0, 0.05) is 38.9 Å². The summed E-state index contributed by atoms with van der Waals surface area (Å²) in [6, 6.07) is 16.9. The standard InChI is InChI=1S/C18H19N3O/c1-20(2)17-10-8-16(9-11-17)18(22)21(3)13-15-6-4-14(12-19)5-7-15/h4-11H,13H2,1-3H3. The summed E-state index contributed by atoms with van der Waals surface area (Å²) in [5.74, 6) is -0.0188. The Bertz CT molecular complexity index is 682. The molecule has 0 spiro atoms. The molecule has 0 aliphatic heterocycles. The smallest absolute Gasteiger partial charge is 0.253 e. The molecule has 0 heterocycles. The molecule has 0 unspecified atom stereocenters. The minimum atomic E-state index is -0.0188. The molecule has 0 radical (unpaired) electrons. The van der Waals surface area contributed by atoms with Crippen LogP contribution in [0.3, 0.4) is 0 Å². The Hall–Kier alpha value is -2.80. The third-order valence-corrected chi connectivity index (χ3v) is 3.48. The Kier molecular flexibility index (Phi) is 4.80. The number of rotatable bonds is 4. The van der Waals surface area contributed by atoms with Gasteiger partial charge in [-0.1, -0.05) is 12.1 Å². The van der Waals surface area contributed by atoms with Crippen molar-refractivity contribution < 1.29 is 4.79 Å². The summed E-state index contributed by atoms with van der Waals surface area (Å²) in [7, 11) is 5.71. The van der Waals surface area contributed by atoms with Gasteiger partial charge in [0.15, 0.2) is 0 Å². The van der Waals surface area contributed by atoms with Gasteiger partial charge in [0.05, 0.1) is 11.6 Å². The predicted octanol–water partition coefficient (Wildman–Crippen LogP) is 2.90. The van der Waals surface area contributed by atoms with E-state index in [9.17, 15) is 4.79 Å². The number of benzene rings is 2. The molecule has 2 aromatic rings. The van der Waals surface area contributed by atoms with Gasteiger partial charge in [-0.2, -0.15) is 5.26 Å². The number of amides is 1. The third-order valence-electron chi connectivity index (χ3n) is 3.48. The van der Waals surface area contributed by atoms with Gasteiger partial charge in [-0.15, -0.1) is 0 Å². The molecule has 0 atom stereocenters. The Balaban J connectivity index is 2.06. The molecule has 0 N–H and O–H groups in total. The lowest BCUT2D eigenvalue weighted by Gasteiger charge is -2.18. The van der Waals surface area contributed by atoms with Crippen molar-refractivity contribution in [2.75, 3.05) is 26.0 Å². The lowest BCUT2D eigenvalue weighted by atomic mass is 10.1. The number of hydrogen-bond donors (Lipinski definition) is 0. The summed E-state index contributed by atoms with van der Waals surface area (Å²) in [5, 5.41) is 8.79. The maximum Gasteiger partial charge on any atom is 0.253 e. The van der Waals surface area contributed by atoms with Crippen molar-refractivity contribution >= 4 is 11.6 Å². The summed E-state index contributed by atoms with van der Waals surface area (Å²) < 4.78 is 0. The zero-order valence-corrected chi connectivity index (χ0v) is 13.1. The molecular weight excluding hydrogens is 274 g/mol. The molecule has 1 amide bonds. The number of hydrogen-bond acceptors (Lipinski definition) is 3. The molecule has 22 heavy (non-hydrogen) atoms. The van der Waals surface area contributed by atoms with Crippen molar-refractivity contribution in [1.29, 1.82) is 5.26 Å². The molecule has 4 nitrogen and oxygen atoms in total. The number of nitrogens with zero attached hydrogens (tertiary/aromatic N) is 3. The van der Waals surface area contributed by atoms with Gasteiger partial charge in [-0.05, 0) is 42.0 Å².